The molecule has 9 heteroatoms. The molecular formula is C23H23ClFN3O3S. The van der Waals surface area contributed by atoms with E-state index in [1.165, 1.54) is 10.4 Å². The van der Waals surface area contributed by atoms with Crippen LogP contribution in [0.1, 0.15) is 11.3 Å². The lowest BCUT2D eigenvalue weighted by Gasteiger charge is -2.34. The second-order valence-corrected chi connectivity index (χ2v) is 9.85. The van der Waals surface area contributed by atoms with E-state index in [4.69, 9.17) is 16.3 Å². The van der Waals surface area contributed by atoms with Crippen LogP contribution in [0, 0.1) is 5.82 Å². The predicted octanol–water partition coefficient (Wildman–Crippen LogP) is 3.96. The van der Waals surface area contributed by atoms with Gasteiger partial charge in [0.2, 0.25) is 10.0 Å². The van der Waals surface area contributed by atoms with Crippen molar-refractivity contribution in [3.63, 3.8) is 0 Å². The monoisotopic (exact) mass is 475 g/mol. The Bertz CT molecular complexity index is 1150. The van der Waals surface area contributed by atoms with Gasteiger partial charge >= 0.3 is 0 Å². The van der Waals surface area contributed by atoms with Crippen molar-refractivity contribution >= 4 is 21.6 Å². The Morgan fingerprint density at radius 2 is 1.75 bits per heavy atom. The average molecular weight is 476 g/mol. The molecule has 3 aromatic rings. The number of ether oxygens (including phenoxy) is 1. The second kappa shape index (κ2) is 9.95. The van der Waals surface area contributed by atoms with Gasteiger partial charge in [0.05, 0.1) is 15.6 Å². The van der Waals surface area contributed by atoms with Crippen LogP contribution in [0.3, 0.4) is 0 Å². The molecule has 0 saturated carbocycles. The summed E-state index contributed by atoms with van der Waals surface area (Å²) in [4.78, 5) is 6.45. The van der Waals surface area contributed by atoms with E-state index in [1.54, 1.807) is 6.20 Å². The van der Waals surface area contributed by atoms with Gasteiger partial charge in [-0.1, -0.05) is 29.8 Å². The van der Waals surface area contributed by atoms with Gasteiger partial charge in [0.1, 0.15) is 18.2 Å². The number of aromatic nitrogens is 1. The molecule has 1 aliphatic rings. The average Bonchev–Trinajstić information content (AvgIpc) is 2.81. The summed E-state index contributed by atoms with van der Waals surface area (Å²) >= 11 is 5.76. The summed E-state index contributed by atoms with van der Waals surface area (Å²) in [6.07, 6.45) is 1.74. The van der Waals surface area contributed by atoms with E-state index in [-0.39, 0.29) is 9.92 Å². The van der Waals surface area contributed by atoms with Crippen molar-refractivity contribution in [1.29, 1.82) is 0 Å². The first kappa shape index (κ1) is 22.7. The summed E-state index contributed by atoms with van der Waals surface area (Å²) < 4.78 is 46.2. The Morgan fingerprint density at radius 1 is 1.00 bits per heavy atom. The lowest BCUT2D eigenvalue weighted by Crippen LogP contribution is -2.48. The molecule has 6 nitrogen and oxygen atoms in total. The molecule has 0 bridgehead atoms. The van der Waals surface area contributed by atoms with Gasteiger partial charge in [0, 0.05) is 38.9 Å². The van der Waals surface area contributed by atoms with Gasteiger partial charge in [-0.05, 0) is 48.0 Å². The molecule has 0 unspecified atom stereocenters. The number of rotatable bonds is 7. The van der Waals surface area contributed by atoms with Crippen LogP contribution < -0.4 is 4.74 Å². The first-order valence-electron chi connectivity index (χ1n) is 10.2. The van der Waals surface area contributed by atoms with Crippen molar-refractivity contribution in [1.82, 2.24) is 14.2 Å². The zero-order valence-corrected chi connectivity index (χ0v) is 18.9. The number of sulfonamides is 1. The summed E-state index contributed by atoms with van der Waals surface area (Å²) in [7, 11) is -3.70. The smallest absolute Gasteiger partial charge is 0.243 e. The normalized spacial score (nSPS) is 15.6. The molecule has 1 saturated heterocycles. The standard InChI is InChI=1S/C23H23ClFN3O3S/c24-22-15-21(8-9-23(22)25)32(29,30)28-13-11-27(12-14-28)16-18-4-6-20(7-5-18)31-17-19-3-1-2-10-26-19/h1-10,15H,11-14,16-17H2. The number of hydrogen-bond donors (Lipinski definition) is 0. The van der Waals surface area contributed by atoms with Gasteiger partial charge in [0.25, 0.3) is 0 Å². The van der Waals surface area contributed by atoms with Crippen LogP contribution in [0.25, 0.3) is 0 Å². The third kappa shape index (κ3) is 5.45. The van der Waals surface area contributed by atoms with Crippen LogP contribution in [0.2, 0.25) is 5.02 Å². The maximum absolute atomic E-state index is 13.4. The summed E-state index contributed by atoms with van der Waals surface area (Å²) in [5.41, 5.74) is 1.99. The number of pyridine rings is 1. The Labute approximate surface area is 192 Å². The van der Waals surface area contributed by atoms with Crippen LogP contribution in [-0.2, 0) is 23.2 Å². The van der Waals surface area contributed by atoms with Crippen molar-refractivity contribution in [3.05, 3.63) is 89.0 Å². The third-order valence-corrected chi connectivity index (χ3v) is 7.49. The minimum Gasteiger partial charge on any atom is -0.487 e. The molecule has 2 aromatic carbocycles. The number of nitrogens with zero attached hydrogens (tertiary/aromatic N) is 3. The molecule has 2 heterocycles. The Balaban J connectivity index is 1.29. The molecule has 1 aliphatic heterocycles. The summed E-state index contributed by atoms with van der Waals surface area (Å²) in [6, 6.07) is 17.1. The fraction of sp³-hybridized carbons (Fsp3) is 0.261. The fourth-order valence-electron chi connectivity index (χ4n) is 3.50. The van der Waals surface area contributed by atoms with Gasteiger partial charge in [-0.25, -0.2) is 12.8 Å². The van der Waals surface area contributed by atoms with Gasteiger partial charge in [0.15, 0.2) is 0 Å². The highest BCUT2D eigenvalue weighted by atomic mass is 35.5. The Morgan fingerprint density at radius 3 is 2.41 bits per heavy atom. The lowest BCUT2D eigenvalue weighted by atomic mass is 10.2. The highest BCUT2D eigenvalue weighted by molar-refractivity contribution is 7.89. The van der Waals surface area contributed by atoms with Crippen LogP contribution in [0.4, 0.5) is 4.39 Å². The van der Waals surface area contributed by atoms with E-state index < -0.39 is 15.8 Å². The second-order valence-electron chi connectivity index (χ2n) is 7.51. The van der Waals surface area contributed by atoms with E-state index in [0.717, 1.165) is 35.7 Å². The number of halogens is 2. The third-order valence-electron chi connectivity index (χ3n) is 5.30. The zero-order valence-electron chi connectivity index (χ0n) is 17.3. The predicted molar refractivity (Wildman–Crippen MR) is 120 cm³/mol. The van der Waals surface area contributed by atoms with Crippen molar-refractivity contribution in [2.45, 2.75) is 18.0 Å². The fourth-order valence-corrected chi connectivity index (χ4v) is 5.20. The van der Waals surface area contributed by atoms with E-state index in [0.29, 0.717) is 32.8 Å². The number of piperazine rings is 1. The van der Waals surface area contributed by atoms with Crippen molar-refractivity contribution in [3.8, 4) is 5.75 Å². The van der Waals surface area contributed by atoms with Crippen LogP contribution in [0.15, 0.2) is 71.8 Å². The lowest BCUT2D eigenvalue weighted by molar-refractivity contribution is 0.181. The van der Waals surface area contributed by atoms with Crippen LogP contribution in [0.5, 0.6) is 5.75 Å². The highest BCUT2D eigenvalue weighted by Crippen LogP contribution is 2.24. The summed E-state index contributed by atoms with van der Waals surface area (Å²) in [6.45, 7) is 3.07. The van der Waals surface area contributed by atoms with Crippen LogP contribution in [-0.4, -0.2) is 48.8 Å². The van der Waals surface area contributed by atoms with Crippen molar-refractivity contribution in [2.75, 3.05) is 26.2 Å². The zero-order chi connectivity index (χ0) is 22.6. The summed E-state index contributed by atoms with van der Waals surface area (Å²) in [5, 5.41) is -0.197. The van der Waals surface area contributed by atoms with Crippen molar-refractivity contribution < 1.29 is 17.5 Å². The van der Waals surface area contributed by atoms with Crippen molar-refractivity contribution in [2.24, 2.45) is 0 Å². The molecule has 0 radical (unpaired) electrons. The molecule has 4 rings (SSSR count). The first-order valence-corrected chi connectivity index (χ1v) is 12.0. The summed E-state index contributed by atoms with van der Waals surface area (Å²) in [5.74, 6) is 0.136. The molecule has 1 fully saturated rings. The van der Waals surface area contributed by atoms with Crippen LogP contribution >= 0.6 is 11.6 Å². The van der Waals surface area contributed by atoms with E-state index in [1.807, 2.05) is 42.5 Å². The van der Waals surface area contributed by atoms with Gasteiger partial charge in [-0.3, -0.25) is 9.88 Å². The highest BCUT2D eigenvalue weighted by Gasteiger charge is 2.29. The van der Waals surface area contributed by atoms with E-state index in [2.05, 4.69) is 9.88 Å². The Hall–Kier alpha value is -2.52. The Kier molecular flexibility index (Phi) is 7.05. The topological polar surface area (TPSA) is 62.7 Å². The largest absolute Gasteiger partial charge is 0.487 e. The molecule has 0 N–H and O–H groups in total. The maximum atomic E-state index is 13.4. The quantitative estimate of drug-likeness (QED) is 0.517. The minimum absolute atomic E-state index is 0.0126. The molecular weight excluding hydrogens is 453 g/mol. The SMILES string of the molecule is O=S(=O)(c1ccc(F)c(Cl)c1)N1CCN(Cc2ccc(OCc3ccccn3)cc2)CC1. The molecule has 1 aromatic heterocycles. The van der Waals surface area contributed by atoms with E-state index >= 15 is 0 Å². The molecule has 0 spiro atoms. The minimum atomic E-state index is -3.70. The molecule has 0 atom stereocenters. The number of benzene rings is 2. The molecule has 168 valence electrons. The van der Waals surface area contributed by atoms with Gasteiger partial charge in [-0.2, -0.15) is 4.31 Å². The first-order chi connectivity index (χ1) is 15.4. The molecule has 32 heavy (non-hydrogen) atoms. The molecule has 0 aliphatic carbocycles. The van der Waals surface area contributed by atoms with Gasteiger partial charge < -0.3 is 4.74 Å². The van der Waals surface area contributed by atoms with Gasteiger partial charge in [-0.15, -0.1) is 0 Å². The molecule has 0 amide bonds. The maximum Gasteiger partial charge on any atom is 0.243 e. The number of hydrogen-bond acceptors (Lipinski definition) is 5. The van der Waals surface area contributed by atoms with E-state index in [9.17, 15) is 12.8 Å².